The van der Waals surface area contributed by atoms with E-state index in [2.05, 4.69) is 121 Å². The predicted molar refractivity (Wildman–Crippen MR) is 155 cm³/mol. The molecule has 0 aliphatic carbocycles. The van der Waals surface area contributed by atoms with Gasteiger partial charge in [-0.2, -0.15) is 0 Å². The molecule has 0 amide bonds. The minimum absolute atomic E-state index is 0.00531. The van der Waals surface area contributed by atoms with Crippen LogP contribution in [0.3, 0.4) is 0 Å². The lowest BCUT2D eigenvalue weighted by atomic mass is 9.80. The van der Waals surface area contributed by atoms with Crippen molar-refractivity contribution in [2.24, 2.45) is 0 Å². The fourth-order valence-electron chi connectivity index (χ4n) is 5.67. The Morgan fingerprint density at radius 3 is 2.03 bits per heavy atom. The minimum atomic E-state index is -0.769. The molecule has 38 heavy (non-hydrogen) atoms. The van der Waals surface area contributed by atoms with Crippen LogP contribution in [0.1, 0.15) is 60.9 Å². The minimum Gasteiger partial charge on any atom is -0.385 e. The molecule has 0 bridgehead atoms. The van der Waals surface area contributed by atoms with Crippen molar-refractivity contribution in [3.05, 3.63) is 113 Å². The summed E-state index contributed by atoms with van der Waals surface area (Å²) in [6, 6.07) is 29.6. The zero-order valence-corrected chi connectivity index (χ0v) is 23.0. The molecule has 1 aliphatic heterocycles. The molecule has 1 saturated heterocycles. The van der Waals surface area contributed by atoms with Crippen LogP contribution in [0.25, 0.3) is 11.4 Å². The number of hydrogen-bond acceptors (Lipinski definition) is 4. The molecule has 2 unspecified atom stereocenters. The fourth-order valence-corrected chi connectivity index (χ4v) is 5.67. The summed E-state index contributed by atoms with van der Waals surface area (Å²) in [4.78, 5) is 11.0. The maximum atomic E-state index is 12.2. The Bertz CT molecular complexity index is 1280. The molecule has 3 N–H and O–H groups in total. The largest absolute Gasteiger partial charge is 0.385 e. The standard InChI is InChI=1S/C33H40N4O/c1-23-29(36-32(35-23)26-16-11-17-27(22-26)33(2,3)4)31(38)30(37-20-18-34-19-21-37)28(24-12-7-5-8-13-24)25-14-9-6-10-15-25/h5-17,22,28,30-31,34,38H,18-21H2,1-4H3,(H,35,36). The summed E-state index contributed by atoms with van der Waals surface area (Å²) >= 11 is 0. The summed E-state index contributed by atoms with van der Waals surface area (Å²) in [5.74, 6) is 0.798. The number of hydrogen-bond donors (Lipinski definition) is 3. The lowest BCUT2D eigenvalue weighted by Crippen LogP contribution is -2.52. The van der Waals surface area contributed by atoms with Gasteiger partial charge in [-0.15, -0.1) is 0 Å². The first-order valence-electron chi connectivity index (χ1n) is 13.7. The average Bonchev–Trinajstić information content (AvgIpc) is 3.34. The number of benzene rings is 3. The van der Waals surface area contributed by atoms with Gasteiger partial charge in [0.1, 0.15) is 11.9 Å². The molecular weight excluding hydrogens is 468 g/mol. The molecular formula is C33H40N4O. The van der Waals surface area contributed by atoms with E-state index in [1.807, 2.05) is 6.92 Å². The fraction of sp³-hybridized carbons (Fsp3) is 0.364. The number of nitrogens with one attached hydrogen (secondary N) is 2. The number of imidazole rings is 1. The van der Waals surface area contributed by atoms with Crippen LogP contribution in [0.5, 0.6) is 0 Å². The number of piperazine rings is 1. The second kappa shape index (κ2) is 11.2. The Hall–Kier alpha value is -3.25. The van der Waals surface area contributed by atoms with Crippen molar-refractivity contribution in [3.63, 3.8) is 0 Å². The lowest BCUT2D eigenvalue weighted by Gasteiger charge is -2.42. The van der Waals surface area contributed by atoms with Gasteiger partial charge in [0.05, 0.1) is 11.7 Å². The molecule has 5 heteroatoms. The van der Waals surface area contributed by atoms with Crippen molar-refractivity contribution < 1.29 is 5.11 Å². The Morgan fingerprint density at radius 2 is 1.45 bits per heavy atom. The van der Waals surface area contributed by atoms with Crippen LogP contribution in [-0.2, 0) is 5.41 Å². The van der Waals surface area contributed by atoms with Crippen LogP contribution in [-0.4, -0.2) is 52.2 Å². The molecule has 0 radical (unpaired) electrons. The first-order valence-corrected chi connectivity index (χ1v) is 13.7. The third-order valence-corrected chi connectivity index (χ3v) is 7.76. The van der Waals surface area contributed by atoms with Crippen LogP contribution in [0.4, 0.5) is 0 Å². The highest BCUT2D eigenvalue weighted by Crippen LogP contribution is 2.39. The Kier molecular flexibility index (Phi) is 7.80. The quantitative estimate of drug-likeness (QED) is 0.294. The zero-order chi connectivity index (χ0) is 26.7. The van der Waals surface area contributed by atoms with E-state index < -0.39 is 6.10 Å². The number of aliphatic hydroxyl groups excluding tert-OH is 1. The van der Waals surface area contributed by atoms with Gasteiger partial charge in [-0.05, 0) is 35.1 Å². The molecule has 4 aromatic rings. The predicted octanol–water partition coefficient (Wildman–Crippen LogP) is 5.82. The van der Waals surface area contributed by atoms with Crippen molar-refractivity contribution in [2.75, 3.05) is 26.2 Å². The Morgan fingerprint density at radius 1 is 0.842 bits per heavy atom. The summed E-state index contributed by atoms with van der Waals surface area (Å²) in [6.45, 7) is 12.3. The molecule has 5 rings (SSSR count). The van der Waals surface area contributed by atoms with Crippen LogP contribution >= 0.6 is 0 Å². The summed E-state index contributed by atoms with van der Waals surface area (Å²) in [5.41, 5.74) is 6.39. The van der Waals surface area contributed by atoms with Crippen molar-refractivity contribution >= 4 is 0 Å². The second-order valence-corrected chi connectivity index (χ2v) is 11.4. The second-order valence-electron chi connectivity index (χ2n) is 11.4. The number of aryl methyl sites for hydroxylation is 1. The van der Waals surface area contributed by atoms with Crippen molar-refractivity contribution in [3.8, 4) is 11.4 Å². The summed E-state index contributed by atoms with van der Waals surface area (Å²) in [7, 11) is 0. The van der Waals surface area contributed by atoms with Gasteiger partial charge in [0, 0.05) is 43.4 Å². The van der Waals surface area contributed by atoms with Crippen molar-refractivity contribution in [1.29, 1.82) is 0 Å². The first-order chi connectivity index (χ1) is 18.3. The van der Waals surface area contributed by atoms with Gasteiger partial charge in [0.2, 0.25) is 0 Å². The number of nitrogens with zero attached hydrogens (tertiary/aromatic N) is 2. The van der Waals surface area contributed by atoms with Crippen LogP contribution < -0.4 is 5.32 Å². The van der Waals surface area contributed by atoms with Gasteiger partial charge in [0.25, 0.3) is 0 Å². The lowest BCUT2D eigenvalue weighted by molar-refractivity contribution is 0.0295. The van der Waals surface area contributed by atoms with E-state index in [4.69, 9.17) is 4.98 Å². The van der Waals surface area contributed by atoms with Crippen LogP contribution in [0.15, 0.2) is 84.9 Å². The molecule has 3 aromatic carbocycles. The molecule has 198 valence electrons. The van der Waals surface area contributed by atoms with Crippen LogP contribution in [0.2, 0.25) is 0 Å². The van der Waals surface area contributed by atoms with Crippen molar-refractivity contribution in [1.82, 2.24) is 20.2 Å². The molecule has 2 atom stereocenters. The first kappa shape index (κ1) is 26.4. The summed E-state index contributed by atoms with van der Waals surface area (Å²) in [6.07, 6.45) is -0.769. The maximum Gasteiger partial charge on any atom is 0.137 e. The highest BCUT2D eigenvalue weighted by Gasteiger charge is 2.38. The highest BCUT2D eigenvalue weighted by molar-refractivity contribution is 5.58. The van der Waals surface area contributed by atoms with E-state index in [1.165, 1.54) is 16.7 Å². The van der Waals surface area contributed by atoms with E-state index in [0.29, 0.717) is 0 Å². The van der Waals surface area contributed by atoms with Gasteiger partial charge in [-0.1, -0.05) is 99.6 Å². The topological polar surface area (TPSA) is 64.2 Å². The van der Waals surface area contributed by atoms with E-state index in [0.717, 1.165) is 49.0 Å². The molecule has 1 aliphatic rings. The normalized spacial score (nSPS) is 16.5. The number of rotatable bonds is 7. The molecule has 0 saturated carbocycles. The zero-order valence-electron chi connectivity index (χ0n) is 23.0. The third kappa shape index (κ3) is 5.60. The van der Waals surface area contributed by atoms with E-state index in [-0.39, 0.29) is 17.4 Å². The summed E-state index contributed by atoms with van der Waals surface area (Å²) < 4.78 is 0. The van der Waals surface area contributed by atoms with Gasteiger partial charge >= 0.3 is 0 Å². The average molecular weight is 509 g/mol. The smallest absolute Gasteiger partial charge is 0.137 e. The van der Waals surface area contributed by atoms with Gasteiger partial charge in [-0.25, -0.2) is 4.98 Å². The van der Waals surface area contributed by atoms with Crippen molar-refractivity contribution in [2.45, 2.75) is 51.2 Å². The monoisotopic (exact) mass is 508 g/mol. The molecule has 1 fully saturated rings. The van der Waals surface area contributed by atoms with Crippen LogP contribution in [0, 0.1) is 6.92 Å². The van der Waals surface area contributed by atoms with Gasteiger partial charge in [0.15, 0.2) is 0 Å². The van der Waals surface area contributed by atoms with Gasteiger partial charge < -0.3 is 15.4 Å². The number of H-pyrrole nitrogens is 1. The number of aromatic amines is 1. The van der Waals surface area contributed by atoms with Gasteiger partial charge in [-0.3, -0.25) is 4.90 Å². The summed E-state index contributed by atoms with van der Waals surface area (Å²) in [5, 5.41) is 15.7. The third-order valence-electron chi connectivity index (χ3n) is 7.76. The van der Waals surface area contributed by atoms with E-state index in [1.54, 1.807) is 0 Å². The molecule has 1 aromatic heterocycles. The number of aliphatic hydroxyl groups is 1. The highest BCUT2D eigenvalue weighted by atomic mass is 16.3. The van der Waals surface area contributed by atoms with E-state index >= 15 is 0 Å². The molecule has 5 nitrogen and oxygen atoms in total. The Balaban J connectivity index is 1.58. The SMILES string of the molecule is Cc1[nH]c(-c2cccc(C(C)(C)C)c2)nc1C(O)C(C(c1ccccc1)c1ccccc1)N1CCNCC1. The van der Waals surface area contributed by atoms with E-state index in [9.17, 15) is 5.11 Å². The molecule has 2 heterocycles. The number of aromatic nitrogens is 2. The Labute approximate surface area is 227 Å². The maximum absolute atomic E-state index is 12.2. The molecule has 0 spiro atoms.